The van der Waals surface area contributed by atoms with E-state index in [9.17, 15) is 9.59 Å². The van der Waals surface area contributed by atoms with Gasteiger partial charge < -0.3 is 4.90 Å². The van der Waals surface area contributed by atoms with Crippen molar-refractivity contribution in [1.29, 1.82) is 0 Å². The molecule has 1 aromatic rings. The van der Waals surface area contributed by atoms with Crippen LogP contribution < -0.4 is 10.2 Å². The van der Waals surface area contributed by atoms with Gasteiger partial charge in [0.25, 0.3) is 0 Å². The Kier molecular flexibility index (Phi) is 3.68. The summed E-state index contributed by atoms with van der Waals surface area (Å²) in [6.07, 6.45) is 1.87. The number of carbonyl (C=O) groups excluding carboxylic acids is 2. The van der Waals surface area contributed by atoms with Crippen molar-refractivity contribution in [1.82, 2.24) is 15.3 Å². The molecular weight excluding hydrogens is 279 g/mol. The SMILES string of the molecule is CCC1C(=O)NC(=O)CN1c1nc(Cl)ncc1Cl. The number of imide groups is 1. The van der Waals surface area contributed by atoms with Crippen LogP contribution >= 0.6 is 23.2 Å². The lowest BCUT2D eigenvalue weighted by molar-refractivity contribution is -0.132. The molecule has 2 heterocycles. The zero-order chi connectivity index (χ0) is 13.3. The van der Waals surface area contributed by atoms with Crippen LogP contribution in [0, 0.1) is 0 Å². The fraction of sp³-hybridized carbons (Fsp3) is 0.400. The van der Waals surface area contributed by atoms with Crippen molar-refractivity contribution in [2.75, 3.05) is 11.4 Å². The third-order valence-electron chi connectivity index (χ3n) is 2.61. The number of amides is 2. The van der Waals surface area contributed by atoms with Crippen LogP contribution in [-0.2, 0) is 9.59 Å². The summed E-state index contributed by atoms with van der Waals surface area (Å²) in [6.45, 7) is 1.85. The summed E-state index contributed by atoms with van der Waals surface area (Å²) in [5.74, 6) is -0.457. The average molecular weight is 289 g/mol. The number of piperazine rings is 1. The van der Waals surface area contributed by atoms with E-state index < -0.39 is 11.9 Å². The van der Waals surface area contributed by atoms with Gasteiger partial charge in [0.05, 0.1) is 12.7 Å². The molecule has 1 saturated heterocycles. The molecule has 0 bridgehead atoms. The first-order valence-electron chi connectivity index (χ1n) is 5.31. The molecular formula is C10H10Cl2N4O2. The van der Waals surface area contributed by atoms with Crippen molar-refractivity contribution in [3.8, 4) is 0 Å². The summed E-state index contributed by atoms with van der Waals surface area (Å²) in [6, 6.07) is -0.494. The highest BCUT2D eigenvalue weighted by Crippen LogP contribution is 2.27. The van der Waals surface area contributed by atoms with Crippen molar-refractivity contribution in [3.63, 3.8) is 0 Å². The first kappa shape index (κ1) is 13.0. The highest BCUT2D eigenvalue weighted by atomic mass is 35.5. The third-order valence-corrected chi connectivity index (χ3v) is 3.06. The van der Waals surface area contributed by atoms with Gasteiger partial charge in [-0.05, 0) is 18.0 Å². The van der Waals surface area contributed by atoms with Crippen LogP contribution in [0.1, 0.15) is 13.3 Å². The maximum atomic E-state index is 11.7. The molecule has 1 aromatic heterocycles. The molecule has 1 fully saturated rings. The Morgan fingerprint density at radius 3 is 2.89 bits per heavy atom. The predicted molar refractivity (Wildman–Crippen MR) is 66.6 cm³/mol. The third kappa shape index (κ3) is 2.39. The number of aromatic nitrogens is 2. The standard InChI is InChI=1S/C10H10Cl2N4O2/c1-2-6-9(18)14-7(17)4-16(6)8-5(11)3-13-10(12)15-8/h3,6H,2,4H2,1H3,(H,14,17,18). The number of rotatable bonds is 2. The molecule has 6 nitrogen and oxygen atoms in total. The van der Waals surface area contributed by atoms with Gasteiger partial charge in [-0.25, -0.2) is 4.98 Å². The van der Waals surface area contributed by atoms with Crippen molar-refractivity contribution in [3.05, 3.63) is 16.5 Å². The number of anilines is 1. The fourth-order valence-electron chi connectivity index (χ4n) is 1.83. The number of nitrogens with zero attached hydrogens (tertiary/aromatic N) is 3. The highest BCUT2D eigenvalue weighted by molar-refractivity contribution is 6.33. The summed E-state index contributed by atoms with van der Waals surface area (Å²) in [5.41, 5.74) is 0. The summed E-state index contributed by atoms with van der Waals surface area (Å²) in [4.78, 5) is 32.4. The topological polar surface area (TPSA) is 75.2 Å². The van der Waals surface area contributed by atoms with E-state index in [1.54, 1.807) is 0 Å². The van der Waals surface area contributed by atoms with Crippen LogP contribution in [0.15, 0.2) is 6.20 Å². The van der Waals surface area contributed by atoms with E-state index in [1.807, 2.05) is 6.92 Å². The Labute approximate surface area is 113 Å². The van der Waals surface area contributed by atoms with Gasteiger partial charge in [0.2, 0.25) is 17.1 Å². The minimum absolute atomic E-state index is 0.0112. The van der Waals surface area contributed by atoms with E-state index in [0.717, 1.165) is 0 Å². The van der Waals surface area contributed by atoms with Gasteiger partial charge in [0.15, 0.2) is 5.82 Å². The van der Waals surface area contributed by atoms with Gasteiger partial charge in [-0.3, -0.25) is 14.9 Å². The van der Waals surface area contributed by atoms with Gasteiger partial charge >= 0.3 is 0 Å². The maximum Gasteiger partial charge on any atom is 0.249 e. The molecule has 1 N–H and O–H groups in total. The maximum absolute atomic E-state index is 11.7. The fourth-order valence-corrected chi connectivity index (χ4v) is 2.16. The largest absolute Gasteiger partial charge is 0.334 e. The van der Waals surface area contributed by atoms with Crippen LogP contribution in [0.5, 0.6) is 0 Å². The van der Waals surface area contributed by atoms with E-state index in [-0.39, 0.29) is 22.8 Å². The Morgan fingerprint density at radius 1 is 1.50 bits per heavy atom. The zero-order valence-corrected chi connectivity index (χ0v) is 11.0. The second kappa shape index (κ2) is 5.07. The summed E-state index contributed by atoms with van der Waals surface area (Å²) >= 11 is 11.7. The smallest absolute Gasteiger partial charge is 0.249 e. The van der Waals surface area contributed by atoms with Crippen LogP contribution in [0.4, 0.5) is 5.82 Å². The number of hydrogen-bond donors (Lipinski definition) is 1. The monoisotopic (exact) mass is 288 g/mol. The molecule has 0 spiro atoms. The minimum atomic E-state index is -0.494. The summed E-state index contributed by atoms with van der Waals surface area (Å²) < 4.78 is 0. The molecule has 1 aliphatic rings. The summed E-state index contributed by atoms with van der Waals surface area (Å²) in [7, 11) is 0. The molecule has 96 valence electrons. The van der Waals surface area contributed by atoms with E-state index in [0.29, 0.717) is 12.2 Å². The lowest BCUT2D eigenvalue weighted by Gasteiger charge is -2.34. The van der Waals surface area contributed by atoms with Gasteiger partial charge in [-0.2, -0.15) is 4.98 Å². The summed E-state index contributed by atoms with van der Waals surface area (Å²) in [5, 5.41) is 2.54. The number of hydrogen-bond acceptors (Lipinski definition) is 5. The first-order valence-corrected chi connectivity index (χ1v) is 6.07. The van der Waals surface area contributed by atoms with E-state index in [2.05, 4.69) is 15.3 Å². The van der Waals surface area contributed by atoms with Crippen LogP contribution in [0.25, 0.3) is 0 Å². The predicted octanol–water partition coefficient (Wildman–Crippen LogP) is 1.02. The van der Waals surface area contributed by atoms with E-state index in [1.165, 1.54) is 11.1 Å². The molecule has 1 atom stereocenters. The van der Waals surface area contributed by atoms with Gasteiger partial charge in [0.1, 0.15) is 11.1 Å². The molecule has 0 saturated carbocycles. The minimum Gasteiger partial charge on any atom is -0.334 e. The lowest BCUT2D eigenvalue weighted by Crippen LogP contribution is -2.58. The second-order valence-electron chi connectivity index (χ2n) is 3.77. The highest BCUT2D eigenvalue weighted by Gasteiger charge is 2.34. The number of carbonyl (C=O) groups is 2. The Hall–Kier alpha value is -1.40. The van der Waals surface area contributed by atoms with Crippen LogP contribution in [-0.4, -0.2) is 34.4 Å². The van der Waals surface area contributed by atoms with Gasteiger partial charge in [-0.15, -0.1) is 0 Å². The molecule has 0 radical (unpaired) electrons. The van der Waals surface area contributed by atoms with Gasteiger partial charge in [-0.1, -0.05) is 18.5 Å². The molecule has 18 heavy (non-hydrogen) atoms. The molecule has 1 unspecified atom stereocenters. The number of nitrogens with one attached hydrogen (secondary N) is 1. The van der Waals surface area contributed by atoms with Gasteiger partial charge in [0, 0.05) is 0 Å². The normalized spacial score (nSPS) is 19.9. The molecule has 8 heteroatoms. The Balaban J connectivity index is 2.42. The molecule has 2 rings (SSSR count). The molecule has 0 aliphatic carbocycles. The molecule has 2 amide bonds. The Bertz CT molecular complexity index is 509. The van der Waals surface area contributed by atoms with Crippen molar-refractivity contribution < 1.29 is 9.59 Å². The average Bonchev–Trinajstić information content (AvgIpc) is 2.31. The van der Waals surface area contributed by atoms with E-state index >= 15 is 0 Å². The Morgan fingerprint density at radius 2 is 2.22 bits per heavy atom. The molecule has 1 aliphatic heterocycles. The van der Waals surface area contributed by atoms with Crippen molar-refractivity contribution in [2.24, 2.45) is 0 Å². The first-order chi connectivity index (χ1) is 8.52. The number of halogens is 2. The quantitative estimate of drug-likeness (QED) is 0.650. The molecule has 0 aromatic carbocycles. The van der Waals surface area contributed by atoms with Crippen LogP contribution in [0.3, 0.4) is 0 Å². The second-order valence-corrected chi connectivity index (χ2v) is 4.52. The zero-order valence-electron chi connectivity index (χ0n) is 9.48. The van der Waals surface area contributed by atoms with Crippen molar-refractivity contribution in [2.45, 2.75) is 19.4 Å². The van der Waals surface area contributed by atoms with Crippen molar-refractivity contribution >= 4 is 40.8 Å². The van der Waals surface area contributed by atoms with Crippen LogP contribution in [0.2, 0.25) is 10.3 Å². The van der Waals surface area contributed by atoms with E-state index in [4.69, 9.17) is 23.2 Å². The lowest BCUT2D eigenvalue weighted by atomic mass is 10.1.